The van der Waals surface area contributed by atoms with Crippen molar-refractivity contribution >= 4 is 11.8 Å². The predicted molar refractivity (Wildman–Crippen MR) is 97.5 cm³/mol. The third-order valence-electron chi connectivity index (χ3n) is 4.22. The van der Waals surface area contributed by atoms with Crippen molar-refractivity contribution in [1.82, 2.24) is 10.6 Å². The Kier molecular flexibility index (Phi) is 7.42. The van der Waals surface area contributed by atoms with Gasteiger partial charge in [0, 0.05) is 6.04 Å². The SMILES string of the molecule is CC(CC(C)(C)c1ccccc1)NC(=O)CNC(=O)[C@@H](N)C(C)C. The molecule has 1 aromatic rings. The Morgan fingerprint density at radius 2 is 1.71 bits per heavy atom. The van der Waals surface area contributed by atoms with Crippen molar-refractivity contribution in [2.45, 2.75) is 58.5 Å². The maximum absolute atomic E-state index is 12.0. The molecule has 5 nitrogen and oxygen atoms in total. The molecular formula is C19H31N3O2. The first kappa shape index (κ1) is 20.2. The van der Waals surface area contributed by atoms with E-state index in [0.717, 1.165) is 6.42 Å². The summed E-state index contributed by atoms with van der Waals surface area (Å²) in [4.78, 5) is 23.8. The van der Waals surface area contributed by atoms with E-state index < -0.39 is 6.04 Å². The van der Waals surface area contributed by atoms with Crippen molar-refractivity contribution in [1.29, 1.82) is 0 Å². The molecule has 2 amide bonds. The van der Waals surface area contributed by atoms with E-state index in [9.17, 15) is 9.59 Å². The standard InChI is InChI=1S/C19H31N3O2/c1-13(2)17(20)18(24)21-12-16(23)22-14(3)11-19(4,5)15-9-7-6-8-10-15/h6-10,13-14,17H,11-12,20H2,1-5H3,(H,21,24)(H,22,23)/t14?,17-/m0/s1. The van der Waals surface area contributed by atoms with Gasteiger partial charge in [-0.2, -0.15) is 0 Å². The van der Waals surface area contributed by atoms with Gasteiger partial charge in [0.15, 0.2) is 0 Å². The molecule has 5 heteroatoms. The molecule has 0 saturated heterocycles. The molecule has 1 rings (SSSR count). The molecule has 0 spiro atoms. The van der Waals surface area contributed by atoms with Gasteiger partial charge >= 0.3 is 0 Å². The molecule has 0 heterocycles. The summed E-state index contributed by atoms with van der Waals surface area (Å²) in [5, 5.41) is 5.52. The summed E-state index contributed by atoms with van der Waals surface area (Å²) in [5.74, 6) is -0.452. The van der Waals surface area contributed by atoms with Gasteiger partial charge in [0.25, 0.3) is 0 Å². The maximum Gasteiger partial charge on any atom is 0.239 e. The molecule has 0 aliphatic rings. The Morgan fingerprint density at radius 3 is 2.25 bits per heavy atom. The van der Waals surface area contributed by atoms with Crippen LogP contribution in [0.15, 0.2) is 30.3 Å². The van der Waals surface area contributed by atoms with Gasteiger partial charge < -0.3 is 16.4 Å². The predicted octanol–water partition coefficient (Wildman–Crippen LogP) is 1.96. The van der Waals surface area contributed by atoms with Crippen molar-refractivity contribution in [3.05, 3.63) is 35.9 Å². The van der Waals surface area contributed by atoms with E-state index in [-0.39, 0.29) is 35.7 Å². The van der Waals surface area contributed by atoms with Crippen molar-refractivity contribution in [2.24, 2.45) is 11.7 Å². The minimum atomic E-state index is -0.591. The zero-order valence-corrected chi connectivity index (χ0v) is 15.4. The number of nitrogens with two attached hydrogens (primary N) is 1. The lowest BCUT2D eigenvalue weighted by atomic mass is 9.79. The molecule has 1 unspecified atom stereocenters. The molecule has 134 valence electrons. The Morgan fingerprint density at radius 1 is 1.12 bits per heavy atom. The number of hydrogen-bond acceptors (Lipinski definition) is 3. The van der Waals surface area contributed by atoms with Gasteiger partial charge in [-0.25, -0.2) is 0 Å². The van der Waals surface area contributed by atoms with Gasteiger partial charge in [0.05, 0.1) is 12.6 Å². The number of carbonyl (C=O) groups excluding carboxylic acids is 2. The summed E-state index contributed by atoms with van der Waals surface area (Å²) >= 11 is 0. The van der Waals surface area contributed by atoms with Crippen molar-refractivity contribution in [3.8, 4) is 0 Å². The first-order chi connectivity index (χ1) is 11.1. The van der Waals surface area contributed by atoms with Crippen LogP contribution in [-0.4, -0.2) is 30.4 Å². The highest BCUT2D eigenvalue weighted by Crippen LogP contribution is 2.27. The van der Waals surface area contributed by atoms with Crippen LogP contribution < -0.4 is 16.4 Å². The average molecular weight is 333 g/mol. The van der Waals surface area contributed by atoms with Crippen LogP contribution in [0.5, 0.6) is 0 Å². The fourth-order valence-electron chi connectivity index (χ4n) is 2.74. The van der Waals surface area contributed by atoms with E-state index in [1.807, 2.05) is 39.0 Å². The van der Waals surface area contributed by atoms with E-state index in [4.69, 9.17) is 5.73 Å². The number of hydrogen-bond donors (Lipinski definition) is 3. The quantitative estimate of drug-likeness (QED) is 0.680. The molecule has 2 atom stereocenters. The van der Waals surface area contributed by atoms with Crippen LogP contribution in [0.3, 0.4) is 0 Å². The number of nitrogens with one attached hydrogen (secondary N) is 2. The van der Waals surface area contributed by atoms with Crippen LogP contribution in [0.1, 0.15) is 46.6 Å². The minimum absolute atomic E-state index is 0.00313. The Labute approximate surface area is 145 Å². The second-order valence-corrected chi connectivity index (χ2v) is 7.41. The second-order valence-electron chi connectivity index (χ2n) is 7.41. The molecule has 0 aromatic heterocycles. The number of rotatable bonds is 8. The van der Waals surface area contributed by atoms with Gasteiger partial charge in [-0.15, -0.1) is 0 Å². The molecule has 1 aromatic carbocycles. The van der Waals surface area contributed by atoms with Crippen LogP contribution in [0.4, 0.5) is 0 Å². The zero-order valence-electron chi connectivity index (χ0n) is 15.4. The summed E-state index contributed by atoms with van der Waals surface area (Å²) in [5.41, 5.74) is 6.95. The number of amides is 2. The smallest absolute Gasteiger partial charge is 0.239 e. The lowest BCUT2D eigenvalue weighted by Gasteiger charge is -2.29. The summed E-state index contributed by atoms with van der Waals surface area (Å²) in [6.07, 6.45) is 0.808. The zero-order chi connectivity index (χ0) is 18.3. The molecule has 0 fully saturated rings. The minimum Gasteiger partial charge on any atom is -0.352 e. The van der Waals surface area contributed by atoms with E-state index >= 15 is 0 Å². The Hall–Kier alpha value is -1.88. The third kappa shape index (κ3) is 6.32. The second kappa shape index (κ2) is 8.83. The van der Waals surface area contributed by atoms with Crippen molar-refractivity contribution in [2.75, 3.05) is 6.54 Å². The van der Waals surface area contributed by atoms with E-state index in [1.165, 1.54) is 5.56 Å². The fourth-order valence-corrected chi connectivity index (χ4v) is 2.74. The molecule has 4 N–H and O–H groups in total. The number of carbonyl (C=O) groups is 2. The third-order valence-corrected chi connectivity index (χ3v) is 4.22. The topological polar surface area (TPSA) is 84.2 Å². The summed E-state index contributed by atoms with van der Waals surface area (Å²) in [7, 11) is 0. The highest BCUT2D eigenvalue weighted by Gasteiger charge is 2.24. The van der Waals surface area contributed by atoms with E-state index in [0.29, 0.717) is 0 Å². The first-order valence-electron chi connectivity index (χ1n) is 8.51. The van der Waals surface area contributed by atoms with E-state index in [2.05, 4.69) is 36.6 Å². The van der Waals surface area contributed by atoms with Crippen LogP contribution in [0, 0.1) is 5.92 Å². The molecule has 0 aliphatic heterocycles. The number of benzene rings is 1. The lowest BCUT2D eigenvalue weighted by molar-refractivity contribution is -0.127. The van der Waals surface area contributed by atoms with E-state index in [1.54, 1.807) is 0 Å². The molecular weight excluding hydrogens is 302 g/mol. The summed E-state index contributed by atoms with van der Waals surface area (Å²) in [6.45, 7) is 10.00. The first-order valence-corrected chi connectivity index (χ1v) is 8.51. The van der Waals surface area contributed by atoms with Gasteiger partial charge in [-0.1, -0.05) is 58.0 Å². The molecule has 0 saturated carbocycles. The van der Waals surface area contributed by atoms with Crippen LogP contribution in [0.25, 0.3) is 0 Å². The van der Waals surface area contributed by atoms with Crippen molar-refractivity contribution < 1.29 is 9.59 Å². The Bertz CT molecular complexity index is 541. The molecule has 0 radical (unpaired) electrons. The molecule has 0 bridgehead atoms. The monoisotopic (exact) mass is 333 g/mol. The van der Waals surface area contributed by atoms with Crippen molar-refractivity contribution in [3.63, 3.8) is 0 Å². The highest BCUT2D eigenvalue weighted by atomic mass is 16.2. The fraction of sp³-hybridized carbons (Fsp3) is 0.579. The van der Waals surface area contributed by atoms with Gasteiger partial charge in [-0.3, -0.25) is 9.59 Å². The Balaban J connectivity index is 2.46. The van der Waals surface area contributed by atoms with Crippen LogP contribution in [0.2, 0.25) is 0 Å². The normalized spacial score (nSPS) is 14.1. The average Bonchev–Trinajstić information content (AvgIpc) is 2.51. The molecule has 0 aliphatic carbocycles. The maximum atomic E-state index is 12.0. The van der Waals surface area contributed by atoms with Gasteiger partial charge in [-0.05, 0) is 30.2 Å². The largest absolute Gasteiger partial charge is 0.352 e. The van der Waals surface area contributed by atoms with Gasteiger partial charge in [0.2, 0.25) is 11.8 Å². The highest BCUT2D eigenvalue weighted by molar-refractivity contribution is 5.87. The van der Waals surface area contributed by atoms with Crippen LogP contribution >= 0.6 is 0 Å². The van der Waals surface area contributed by atoms with Gasteiger partial charge in [0.1, 0.15) is 0 Å². The summed E-state index contributed by atoms with van der Waals surface area (Å²) < 4.78 is 0. The van der Waals surface area contributed by atoms with Crippen LogP contribution in [-0.2, 0) is 15.0 Å². The summed E-state index contributed by atoms with van der Waals surface area (Å²) in [6, 6.07) is 9.65. The lowest BCUT2D eigenvalue weighted by Crippen LogP contribution is -2.48. The molecule has 24 heavy (non-hydrogen) atoms.